The topological polar surface area (TPSA) is 26.8 Å². The van der Waals surface area contributed by atoms with Crippen molar-refractivity contribution in [1.29, 1.82) is 0 Å². The summed E-state index contributed by atoms with van der Waals surface area (Å²) in [6.45, 7) is 2.83. The summed E-state index contributed by atoms with van der Waals surface area (Å²) in [7, 11) is 3.85. The van der Waals surface area contributed by atoms with Crippen molar-refractivity contribution < 1.29 is 18.0 Å². The molecule has 0 aromatic heterocycles. The molecule has 2 aromatic carbocycles. The molecule has 1 aliphatic heterocycles. The smallest absolute Gasteiger partial charge is 0.378 e. The van der Waals surface area contributed by atoms with E-state index in [1.807, 2.05) is 43.3 Å². The minimum absolute atomic E-state index is 0.0116. The summed E-state index contributed by atoms with van der Waals surface area (Å²) in [5, 5.41) is 0. The van der Waals surface area contributed by atoms with Gasteiger partial charge in [-0.05, 0) is 29.8 Å². The number of piperazine rings is 1. The largest absolute Gasteiger partial charge is 0.416 e. The number of rotatable bonds is 4. The molecule has 1 heterocycles. The lowest BCUT2D eigenvalue weighted by Crippen LogP contribution is -2.48. The second-order valence-corrected chi connectivity index (χ2v) is 7.21. The number of hydrogen-bond donors (Lipinski definition) is 0. The van der Waals surface area contributed by atoms with Gasteiger partial charge in [-0.15, -0.1) is 0 Å². The molecular formula is C21H24F3N3O. The molecule has 3 rings (SSSR count). The van der Waals surface area contributed by atoms with E-state index in [0.29, 0.717) is 43.9 Å². The number of alkyl halides is 3. The Bertz CT molecular complexity index is 828. The fraction of sp³-hybridized carbons (Fsp3) is 0.381. The Balaban J connectivity index is 1.59. The molecule has 1 aliphatic rings. The van der Waals surface area contributed by atoms with Gasteiger partial charge in [0.15, 0.2) is 0 Å². The number of nitrogens with zero attached hydrogens (tertiary/aromatic N) is 3. The standard InChI is InChI=1S/C21H24F3N3O/c1-25(2)19-8-4-6-17(14-19)20(28)27-11-9-26(10-12-27)15-16-5-3-7-18(13-16)21(22,23)24/h3-8,13-14H,9-12,15H2,1-2H3. The second kappa shape index (κ2) is 8.22. The van der Waals surface area contributed by atoms with E-state index in [9.17, 15) is 18.0 Å². The molecule has 1 amide bonds. The fourth-order valence-electron chi connectivity index (χ4n) is 3.31. The maximum Gasteiger partial charge on any atom is 0.416 e. The highest BCUT2D eigenvalue weighted by atomic mass is 19.4. The van der Waals surface area contributed by atoms with Gasteiger partial charge in [-0.25, -0.2) is 0 Å². The van der Waals surface area contributed by atoms with Crippen LogP contribution in [-0.4, -0.2) is 56.0 Å². The van der Waals surface area contributed by atoms with Gasteiger partial charge in [-0.1, -0.05) is 24.3 Å². The van der Waals surface area contributed by atoms with Crippen LogP contribution in [0.4, 0.5) is 18.9 Å². The SMILES string of the molecule is CN(C)c1cccc(C(=O)N2CCN(Cc3cccc(C(F)(F)F)c3)CC2)c1. The van der Waals surface area contributed by atoms with Crippen molar-refractivity contribution in [2.75, 3.05) is 45.2 Å². The van der Waals surface area contributed by atoms with Crippen LogP contribution in [0.1, 0.15) is 21.5 Å². The van der Waals surface area contributed by atoms with Crippen LogP contribution in [0.2, 0.25) is 0 Å². The second-order valence-electron chi connectivity index (χ2n) is 7.21. The molecule has 0 saturated carbocycles. The molecule has 0 unspecified atom stereocenters. The highest BCUT2D eigenvalue weighted by Gasteiger charge is 2.30. The lowest BCUT2D eigenvalue weighted by molar-refractivity contribution is -0.137. The number of carbonyl (C=O) groups is 1. The number of carbonyl (C=O) groups excluding carboxylic acids is 1. The number of halogens is 3. The molecule has 0 aliphatic carbocycles. The number of hydrogen-bond acceptors (Lipinski definition) is 3. The van der Waals surface area contributed by atoms with E-state index >= 15 is 0 Å². The average Bonchev–Trinajstić information content (AvgIpc) is 2.68. The summed E-state index contributed by atoms with van der Waals surface area (Å²) < 4.78 is 38.6. The predicted molar refractivity (Wildman–Crippen MR) is 103 cm³/mol. The van der Waals surface area contributed by atoms with Crippen molar-refractivity contribution in [2.45, 2.75) is 12.7 Å². The van der Waals surface area contributed by atoms with Crippen molar-refractivity contribution in [3.8, 4) is 0 Å². The van der Waals surface area contributed by atoms with E-state index in [0.717, 1.165) is 11.8 Å². The van der Waals surface area contributed by atoms with Gasteiger partial charge in [0.05, 0.1) is 5.56 Å². The van der Waals surface area contributed by atoms with Crippen molar-refractivity contribution in [1.82, 2.24) is 9.80 Å². The first-order chi connectivity index (χ1) is 13.2. The van der Waals surface area contributed by atoms with E-state index in [4.69, 9.17) is 0 Å². The third-order valence-electron chi connectivity index (χ3n) is 4.93. The van der Waals surface area contributed by atoms with Crippen molar-refractivity contribution in [3.63, 3.8) is 0 Å². The van der Waals surface area contributed by atoms with Gasteiger partial charge in [0.1, 0.15) is 0 Å². The van der Waals surface area contributed by atoms with Crippen molar-refractivity contribution in [3.05, 3.63) is 65.2 Å². The van der Waals surface area contributed by atoms with Gasteiger partial charge in [-0.3, -0.25) is 9.69 Å². The fourth-order valence-corrected chi connectivity index (χ4v) is 3.31. The van der Waals surface area contributed by atoms with E-state index in [2.05, 4.69) is 4.90 Å². The molecule has 1 saturated heterocycles. The lowest BCUT2D eigenvalue weighted by Gasteiger charge is -2.35. The van der Waals surface area contributed by atoms with Crippen molar-refractivity contribution >= 4 is 11.6 Å². The first kappa shape index (κ1) is 20.2. The third kappa shape index (κ3) is 4.84. The summed E-state index contributed by atoms with van der Waals surface area (Å²) in [6.07, 6.45) is -4.33. The molecule has 28 heavy (non-hydrogen) atoms. The van der Waals surface area contributed by atoms with Gasteiger partial charge >= 0.3 is 6.18 Å². The van der Waals surface area contributed by atoms with Gasteiger partial charge < -0.3 is 9.80 Å². The summed E-state index contributed by atoms with van der Waals surface area (Å²) in [5.41, 5.74) is 1.62. The van der Waals surface area contributed by atoms with E-state index < -0.39 is 11.7 Å². The van der Waals surface area contributed by atoms with E-state index in [-0.39, 0.29) is 5.91 Å². The van der Waals surface area contributed by atoms with Crippen LogP contribution in [0.25, 0.3) is 0 Å². The van der Waals surface area contributed by atoms with Gasteiger partial charge in [-0.2, -0.15) is 13.2 Å². The first-order valence-corrected chi connectivity index (χ1v) is 9.19. The maximum absolute atomic E-state index is 12.9. The molecule has 0 bridgehead atoms. The van der Waals surface area contributed by atoms with Crippen LogP contribution >= 0.6 is 0 Å². The Hall–Kier alpha value is -2.54. The van der Waals surface area contributed by atoms with Crippen LogP contribution in [-0.2, 0) is 12.7 Å². The predicted octanol–water partition coefficient (Wildman–Crippen LogP) is 3.73. The van der Waals surface area contributed by atoms with Crippen LogP contribution in [0.3, 0.4) is 0 Å². The van der Waals surface area contributed by atoms with Crippen LogP contribution in [0, 0.1) is 0 Å². The molecular weight excluding hydrogens is 367 g/mol. The molecule has 0 radical (unpaired) electrons. The summed E-state index contributed by atoms with van der Waals surface area (Å²) in [4.78, 5) is 18.6. The van der Waals surface area contributed by atoms with E-state index in [1.165, 1.54) is 12.1 Å². The van der Waals surface area contributed by atoms with E-state index in [1.54, 1.807) is 11.0 Å². The minimum atomic E-state index is -4.33. The lowest BCUT2D eigenvalue weighted by atomic mass is 10.1. The quantitative estimate of drug-likeness (QED) is 0.795. The molecule has 0 atom stereocenters. The first-order valence-electron chi connectivity index (χ1n) is 9.19. The zero-order valence-corrected chi connectivity index (χ0v) is 16.0. The molecule has 7 heteroatoms. The number of anilines is 1. The summed E-state index contributed by atoms with van der Waals surface area (Å²) in [6, 6.07) is 12.9. The average molecular weight is 391 g/mol. The minimum Gasteiger partial charge on any atom is -0.378 e. The van der Waals surface area contributed by atoms with Crippen LogP contribution < -0.4 is 4.90 Å². The normalized spacial score (nSPS) is 15.5. The Morgan fingerprint density at radius 3 is 2.32 bits per heavy atom. The molecule has 4 nitrogen and oxygen atoms in total. The van der Waals surface area contributed by atoms with Gasteiger partial charge in [0.25, 0.3) is 5.91 Å². The molecule has 150 valence electrons. The monoisotopic (exact) mass is 391 g/mol. The van der Waals surface area contributed by atoms with Gasteiger partial charge in [0, 0.05) is 58.1 Å². The summed E-state index contributed by atoms with van der Waals surface area (Å²) in [5.74, 6) is -0.0116. The Kier molecular flexibility index (Phi) is 5.93. The molecule has 1 fully saturated rings. The maximum atomic E-state index is 12.9. The molecule has 0 N–H and O–H groups in total. The highest BCUT2D eigenvalue weighted by Crippen LogP contribution is 2.29. The zero-order valence-electron chi connectivity index (χ0n) is 16.0. The molecule has 0 spiro atoms. The van der Waals surface area contributed by atoms with Gasteiger partial charge in [0.2, 0.25) is 0 Å². The Labute approximate surface area is 163 Å². The number of amides is 1. The number of benzene rings is 2. The van der Waals surface area contributed by atoms with Crippen LogP contribution in [0.5, 0.6) is 0 Å². The Morgan fingerprint density at radius 2 is 1.68 bits per heavy atom. The summed E-state index contributed by atoms with van der Waals surface area (Å²) >= 11 is 0. The van der Waals surface area contributed by atoms with Crippen LogP contribution in [0.15, 0.2) is 48.5 Å². The molecule has 2 aromatic rings. The van der Waals surface area contributed by atoms with Crippen molar-refractivity contribution in [2.24, 2.45) is 0 Å². The highest BCUT2D eigenvalue weighted by molar-refractivity contribution is 5.95. The zero-order chi connectivity index (χ0) is 20.3. The third-order valence-corrected chi connectivity index (χ3v) is 4.93. The Morgan fingerprint density at radius 1 is 1.00 bits per heavy atom.